The number of nitrogens with zero attached hydrogens (tertiary/aromatic N) is 1. The van der Waals surface area contributed by atoms with Crippen LogP contribution >= 0.6 is 11.3 Å². The van der Waals surface area contributed by atoms with Gasteiger partial charge in [-0.3, -0.25) is 4.79 Å². The molecule has 0 radical (unpaired) electrons. The van der Waals surface area contributed by atoms with Gasteiger partial charge in [-0.25, -0.2) is 8.42 Å². The maximum absolute atomic E-state index is 12.7. The lowest BCUT2D eigenvalue weighted by atomic mass is 9.78. The van der Waals surface area contributed by atoms with E-state index in [1.54, 1.807) is 6.92 Å². The summed E-state index contributed by atoms with van der Waals surface area (Å²) in [7, 11) is -3.57. The molecule has 1 aliphatic heterocycles. The summed E-state index contributed by atoms with van der Waals surface area (Å²) in [5, 5.41) is 0. The lowest BCUT2D eigenvalue weighted by molar-refractivity contribution is 0.260. The van der Waals surface area contributed by atoms with Crippen LogP contribution in [0.2, 0.25) is 0 Å². The van der Waals surface area contributed by atoms with Gasteiger partial charge in [0, 0.05) is 24.8 Å². The Morgan fingerprint density at radius 1 is 1.35 bits per heavy atom. The molecule has 112 valence electrons. The van der Waals surface area contributed by atoms with Crippen LogP contribution in [0.1, 0.15) is 25.0 Å². The molecule has 6 nitrogen and oxygen atoms in total. The van der Waals surface area contributed by atoms with Crippen molar-refractivity contribution in [3.05, 3.63) is 15.4 Å². The highest BCUT2D eigenvalue weighted by Crippen LogP contribution is 2.38. The van der Waals surface area contributed by atoms with Crippen molar-refractivity contribution >= 4 is 21.4 Å². The summed E-state index contributed by atoms with van der Waals surface area (Å²) in [5.41, 5.74) is 6.55. The van der Waals surface area contributed by atoms with Crippen molar-refractivity contribution in [2.75, 3.05) is 13.1 Å². The molecule has 2 fully saturated rings. The highest BCUT2D eigenvalue weighted by Gasteiger charge is 2.44. The van der Waals surface area contributed by atoms with Crippen LogP contribution in [-0.2, 0) is 10.0 Å². The molecule has 0 amide bonds. The van der Waals surface area contributed by atoms with E-state index in [4.69, 9.17) is 5.73 Å². The molecule has 1 aliphatic carbocycles. The normalized spacial score (nSPS) is 31.4. The van der Waals surface area contributed by atoms with Gasteiger partial charge in [0.25, 0.3) is 10.0 Å². The highest BCUT2D eigenvalue weighted by molar-refractivity contribution is 7.91. The lowest BCUT2D eigenvalue weighted by Crippen LogP contribution is -2.38. The molecule has 3 atom stereocenters. The summed E-state index contributed by atoms with van der Waals surface area (Å²) < 4.78 is 27.0. The number of H-pyrrole nitrogens is 1. The van der Waals surface area contributed by atoms with Gasteiger partial charge in [-0.1, -0.05) is 17.8 Å². The van der Waals surface area contributed by atoms with E-state index in [0.717, 1.165) is 30.6 Å². The summed E-state index contributed by atoms with van der Waals surface area (Å²) in [4.78, 5) is 13.6. The third-order valence-corrected chi connectivity index (χ3v) is 7.89. The standard InChI is InChI=1S/C12H19N3O3S2/c1-7-11(19-12(16)14-7)20(17,18)15-5-8-3-2-4-10(13)9(8)6-15/h8-10H,2-6,13H2,1H3,(H,14,16). The molecule has 0 spiro atoms. The van der Waals surface area contributed by atoms with Gasteiger partial charge in [0.05, 0.1) is 0 Å². The summed E-state index contributed by atoms with van der Waals surface area (Å²) in [5.74, 6) is 0.624. The second-order valence-corrected chi connectivity index (χ2v) is 8.88. The van der Waals surface area contributed by atoms with Crippen LogP contribution in [0.15, 0.2) is 9.00 Å². The topological polar surface area (TPSA) is 96.3 Å². The first-order chi connectivity index (χ1) is 9.39. The molecule has 8 heteroatoms. The Balaban J connectivity index is 1.90. The minimum absolute atomic E-state index is 0.0972. The molecular formula is C12H19N3O3S2. The second kappa shape index (κ2) is 4.94. The van der Waals surface area contributed by atoms with Gasteiger partial charge in [0.15, 0.2) is 4.21 Å². The average molecular weight is 317 g/mol. The SMILES string of the molecule is Cc1[nH]c(=O)sc1S(=O)(=O)N1CC2CCCC(N)C2C1. The van der Waals surface area contributed by atoms with E-state index >= 15 is 0 Å². The van der Waals surface area contributed by atoms with Crippen molar-refractivity contribution < 1.29 is 8.42 Å². The summed E-state index contributed by atoms with van der Waals surface area (Å²) in [6.07, 6.45) is 3.10. The van der Waals surface area contributed by atoms with Gasteiger partial charge in [-0.2, -0.15) is 4.31 Å². The zero-order chi connectivity index (χ0) is 14.5. The number of aryl methyl sites for hydroxylation is 1. The molecule has 0 bridgehead atoms. The smallest absolute Gasteiger partial charge is 0.305 e. The van der Waals surface area contributed by atoms with Crippen LogP contribution in [0.3, 0.4) is 0 Å². The first-order valence-corrected chi connectivity index (χ1v) is 9.10. The fourth-order valence-corrected chi connectivity index (χ4v) is 6.40. The maximum Gasteiger partial charge on any atom is 0.305 e. The largest absolute Gasteiger partial charge is 0.327 e. The number of hydrogen-bond acceptors (Lipinski definition) is 5. The summed E-state index contributed by atoms with van der Waals surface area (Å²) in [6.45, 7) is 2.64. The first-order valence-electron chi connectivity index (χ1n) is 6.85. The third-order valence-electron chi connectivity index (χ3n) is 4.48. The van der Waals surface area contributed by atoms with E-state index in [2.05, 4.69) is 4.98 Å². The van der Waals surface area contributed by atoms with Gasteiger partial charge < -0.3 is 10.7 Å². The lowest BCUT2D eigenvalue weighted by Gasteiger charge is -2.29. The van der Waals surface area contributed by atoms with Crippen molar-refractivity contribution in [3.8, 4) is 0 Å². The summed E-state index contributed by atoms with van der Waals surface area (Å²) in [6, 6.07) is 0.0972. The van der Waals surface area contributed by atoms with E-state index in [1.165, 1.54) is 4.31 Å². The first kappa shape index (κ1) is 14.2. The van der Waals surface area contributed by atoms with E-state index in [0.29, 0.717) is 24.7 Å². The molecule has 1 saturated carbocycles. The molecular weight excluding hydrogens is 298 g/mol. The number of aromatic amines is 1. The van der Waals surface area contributed by atoms with E-state index < -0.39 is 10.0 Å². The Morgan fingerprint density at radius 2 is 2.10 bits per heavy atom. The van der Waals surface area contributed by atoms with Crippen LogP contribution in [0, 0.1) is 18.8 Å². The monoisotopic (exact) mass is 317 g/mol. The Bertz CT molecular complexity index is 664. The summed E-state index contributed by atoms with van der Waals surface area (Å²) >= 11 is 0.770. The number of fused-ring (bicyclic) bond motifs is 1. The molecule has 1 saturated heterocycles. The second-order valence-electron chi connectivity index (χ2n) is 5.77. The Hall–Kier alpha value is -0.700. The predicted octanol–water partition coefficient (Wildman–Crippen LogP) is 0.493. The number of aromatic nitrogens is 1. The van der Waals surface area contributed by atoms with Gasteiger partial charge in [-0.05, 0) is 31.6 Å². The molecule has 20 heavy (non-hydrogen) atoms. The number of nitrogens with one attached hydrogen (secondary N) is 1. The molecule has 3 rings (SSSR count). The minimum atomic E-state index is -3.57. The molecule has 0 aromatic carbocycles. The predicted molar refractivity (Wildman–Crippen MR) is 77.2 cm³/mol. The van der Waals surface area contributed by atoms with Gasteiger partial charge >= 0.3 is 4.87 Å². The zero-order valence-corrected chi connectivity index (χ0v) is 13.0. The molecule has 3 N–H and O–H groups in total. The zero-order valence-electron chi connectivity index (χ0n) is 11.3. The van der Waals surface area contributed by atoms with E-state index in [1.807, 2.05) is 0 Å². The average Bonchev–Trinajstić information content (AvgIpc) is 2.94. The van der Waals surface area contributed by atoms with Crippen LogP contribution in [0.5, 0.6) is 0 Å². The van der Waals surface area contributed by atoms with Crippen LogP contribution in [-0.4, -0.2) is 36.8 Å². The van der Waals surface area contributed by atoms with Crippen LogP contribution in [0.4, 0.5) is 0 Å². The Kier molecular flexibility index (Phi) is 3.52. The van der Waals surface area contributed by atoms with Gasteiger partial charge in [0.2, 0.25) is 0 Å². The van der Waals surface area contributed by atoms with Gasteiger partial charge in [0.1, 0.15) is 0 Å². The van der Waals surface area contributed by atoms with E-state index in [9.17, 15) is 13.2 Å². The van der Waals surface area contributed by atoms with Crippen LogP contribution < -0.4 is 10.6 Å². The van der Waals surface area contributed by atoms with Crippen molar-refractivity contribution in [1.29, 1.82) is 0 Å². The van der Waals surface area contributed by atoms with Crippen molar-refractivity contribution in [2.45, 2.75) is 36.4 Å². The van der Waals surface area contributed by atoms with Gasteiger partial charge in [-0.15, -0.1) is 0 Å². The van der Waals surface area contributed by atoms with Crippen molar-refractivity contribution in [2.24, 2.45) is 17.6 Å². The highest BCUT2D eigenvalue weighted by atomic mass is 32.2. The molecule has 2 aliphatic rings. The molecule has 2 heterocycles. The fourth-order valence-electron chi connectivity index (χ4n) is 3.43. The van der Waals surface area contributed by atoms with E-state index in [-0.39, 0.29) is 21.0 Å². The number of sulfonamides is 1. The molecule has 1 aromatic rings. The third kappa shape index (κ3) is 2.24. The number of hydrogen-bond donors (Lipinski definition) is 2. The van der Waals surface area contributed by atoms with Crippen molar-refractivity contribution in [1.82, 2.24) is 9.29 Å². The maximum atomic E-state index is 12.7. The molecule has 1 aromatic heterocycles. The minimum Gasteiger partial charge on any atom is -0.327 e. The number of rotatable bonds is 2. The fraction of sp³-hybridized carbons (Fsp3) is 0.750. The number of nitrogens with two attached hydrogens (primary N) is 1. The van der Waals surface area contributed by atoms with Crippen LogP contribution in [0.25, 0.3) is 0 Å². The number of thiazole rings is 1. The van der Waals surface area contributed by atoms with Crippen molar-refractivity contribution in [3.63, 3.8) is 0 Å². The molecule has 3 unspecified atom stereocenters. The Morgan fingerprint density at radius 3 is 2.70 bits per heavy atom. The Labute approximate surface area is 122 Å². The quantitative estimate of drug-likeness (QED) is 0.830.